The Balaban J connectivity index is 2.38. The highest BCUT2D eigenvalue weighted by Gasteiger charge is 2.44. The highest BCUT2D eigenvalue weighted by molar-refractivity contribution is 6.00. The minimum atomic E-state index is -1.14. The molecule has 0 saturated carbocycles. The third-order valence-electron chi connectivity index (χ3n) is 3.93. The molecule has 1 fully saturated rings. The summed E-state index contributed by atoms with van der Waals surface area (Å²) in [6.07, 6.45) is 2.12. The normalized spacial score (nSPS) is 22.4. The van der Waals surface area contributed by atoms with E-state index in [1.807, 2.05) is 0 Å². The molecule has 1 N–H and O–H groups in total. The van der Waals surface area contributed by atoms with Gasteiger partial charge >= 0.3 is 5.97 Å². The van der Waals surface area contributed by atoms with E-state index in [9.17, 15) is 14.7 Å². The second-order valence-electron chi connectivity index (χ2n) is 5.19. The summed E-state index contributed by atoms with van der Waals surface area (Å²) in [6.45, 7) is 2.07. The summed E-state index contributed by atoms with van der Waals surface area (Å²) in [4.78, 5) is 25.7. The number of likely N-dealkylation sites (tertiary alicyclic amines) is 1. The van der Waals surface area contributed by atoms with E-state index in [2.05, 4.69) is 0 Å². The molecule has 2 rings (SSSR count). The first-order valence-corrected chi connectivity index (χ1v) is 6.69. The molecular formula is C15H19NO4. The molecule has 5 heteroatoms. The van der Waals surface area contributed by atoms with Crippen LogP contribution >= 0.6 is 0 Å². The summed E-state index contributed by atoms with van der Waals surface area (Å²) in [5.74, 6) is -0.775. The van der Waals surface area contributed by atoms with Gasteiger partial charge in [-0.25, -0.2) is 4.79 Å². The van der Waals surface area contributed by atoms with Crippen LogP contribution in [0.2, 0.25) is 0 Å². The van der Waals surface area contributed by atoms with Crippen LogP contribution in [-0.4, -0.2) is 41.1 Å². The lowest BCUT2D eigenvalue weighted by atomic mass is 9.87. The number of para-hydroxylation sites is 1. The monoisotopic (exact) mass is 277 g/mol. The van der Waals surface area contributed by atoms with E-state index in [0.717, 1.165) is 12.8 Å². The van der Waals surface area contributed by atoms with Crippen molar-refractivity contribution in [3.05, 3.63) is 29.8 Å². The molecule has 1 unspecified atom stereocenters. The van der Waals surface area contributed by atoms with Crippen LogP contribution in [0.4, 0.5) is 0 Å². The molecule has 5 nitrogen and oxygen atoms in total. The average molecular weight is 277 g/mol. The number of nitrogens with zero attached hydrogens (tertiary/aromatic N) is 1. The maximum atomic E-state index is 12.7. The predicted molar refractivity (Wildman–Crippen MR) is 73.9 cm³/mol. The third-order valence-corrected chi connectivity index (χ3v) is 3.93. The first-order chi connectivity index (χ1) is 9.50. The number of rotatable bonds is 3. The molecule has 108 valence electrons. The van der Waals surface area contributed by atoms with Gasteiger partial charge in [0.1, 0.15) is 11.3 Å². The van der Waals surface area contributed by atoms with Gasteiger partial charge in [0.25, 0.3) is 5.91 Å². The molecular weight excluding hydrogens is 258 g/mol. The topological polar surface area (TPSA) is 66.8 Å². The molecule has 0 radical (unpaired) electrons. The third kappa shape index (κ3) is 2.35. The lowest BCUT2D eigenvalue weighted by molar-refractivity contribution is -0.150. The van der Waals surface area contributed by atoms with Gasteiger partial charge in [-0.15, -0.1) is 0 Å². The molecule has 1 aromatic rings. The van der Waals surface area contributed by atoms with Gasteiger partial charge in [-0.2, -0.15) is 0 Å². The maximum Gasteiger partial charge on any atom is 0.329 e. The number of methoxy groups -OCH3 is 1. The highest BCUT2D eigenvalue weighted by atomic mass is 16.5. The smallest absolute Gasteiger partial charge is 0.329 e. The summed E-state index contributed by atoms with van der Waals surface area (Å²) in [5, 5.41) is 9.47. The largest absolute Gasteiger partial charge is 0.496 e. The number of hydrogen-bond donors (Lipinski definition) is 1. The van der Waals surface area contributed by atoms with E-state index in [1.54, 1.807) is 31.2 Å². The van der Waals surface area contributed by atoms with E-state index in [1.165, 1.54) is 12.0 Å². The van der Waals surface area contributed by atoms with Crippen molar-refractivity contribution in [2.45, 2.75) is 31.7 Å². The summed E-state index contributed by atoms with van der Waals surface area (Å²) in [7, 11) is 1.50. The van der Waals surface area contributed by atoms with Gasteiger partial charge in [0.15, 0.2) is 0 Å². The Labute approximate surface area is 118 Å². The molecule has 0 spiro atoms. The summed E-state index contributed by atoms with van der Waals surface area (Å²) < 4.78 is 5.19. The molecule has 1 aliphatic heterocycles. The first kappa shape index (κ1) is 14.4. The van der Waals surface area contributed by atoms with Crippen LogP contribution in [0.15, 0.2) is 24.3 Å². The summed E-state index contributed by atoms with van der Waals surface area (Å²) in [5.41, 5.74) is -0.736. The number of carboxylic acids is 1. The van der Waals surface area contributed by atoms with E-state index < -0.39 is 11.5 Å². The predicted octanol–water partition coefficient (Wildman–Crippen LogP) is 2.16. The van der Waals surface area contributed by atoms with Crippen LogP contribution in [-0.2, 0) is 4.79 Å². The summed E-state index contributed by atoms with van der Waals surface area (Å²) in [6, 6.07) is 6.90. The first-order valence-electron chi connectivity index (χ1n) is 6.69. The van der Waals surface area contributed by atoms with Crippen molar-refractivity contribution in [2.24, 2.45) is 0 Å². The van der Waals surface area contributed by atoms with Gasteiger partial charge in [-0.3, -0.25) is 4.79 Å². The fraction of sp³-hybridized carbons (Fsp3) is 0.467. The standard InChI is InChI=1S/C15H19NO4/c1-15(14(18)19)9-5-6-10-16(15)13(17)11-7-3-4-8-12(11)20-2/h3-4,7-8H,5-6,9-10H2,1-2H3,(H,18,19). The zero-order valence-electron chi connectivity index (χ0n) is 11.8. The van der Waals surface area contributed by atoms with E-state index in [0.29, 0.717) is 24.3 Å². The van der Waals surface area contributed by atoms with Crippen LogP contribution in [0.1, 0.15) is 36.5 Å². The van der Waals surface area contributed by atoms with Gasteiger partial charge in [0.05, 0.1) is 12.7 Å². The zero-order valence-corrected chi connectivity index (χ0v) is 11.8. The van der Waals surface area contributed by atoms with Crippen molar-refractivity contribution in [3.63, 3.8) is 0 Å². The van der Waals surface area contributed by atoms with E-state index in [-0.39, 0.29) is 5.91 Å². The van der Waals surface area contributed by atoms with Crippen molar-refractivity contribution in [3.8, 4) is 5.75 Å². The van der Waals surface area contributed by atoms with Gasteiger partial charge in [-0.05, 0) is 38.3 Å². The van der Waals surface area contributed by atoms with Crippen molar-refractivity contribution in [1.29, 1.82) is 0 Å². The lowest BCUT2D eigenvalue weighted by Crippen LogP contribution is -2.57. The maximum absolute atomic E-state index is 12.7. The second kappa shape index (κ2) is 5.53. The Bertz CT molecular complexity index is 528. The van der Waals surface area contributed by atoms with Gasteiger partial charge < -0.3 is 14.7 Å². The van der Waals surface area contributed by atoms with Gasteiger partial charge in [-0.1, -0.05) is 12.1 Å². The molecule has 1 aromatic carbocycles. The van der Waals surface area contributed by atoms with Crippen molar-refractivity contribution < 1.29 is 19.4 Å². The molecule has 1 saturated heterocycles. The van der Waals surface area contributed by atoms with Gasteiger partial charge in [0, 0.05) is 6.54 Å². The Morgan fingerprint density at radius 1 is 1.30 bits per heavy atom. The van der Waals surface area contributed by atoms with Crippen LogP contribution in [0.5, 0.6) is 5.75 Å². The number of carbonyl (C=O) groups excluding carboxylic acids is 1. The van der Waals surface area contributed by atoms with Crippen LogP contribution in [0.25, 0.3) is 0 Å². The number of carbonyl (C=O) groups is 2. The average Bonchev–Trinajstić information content (AvgIpc) is 2.47. The van der Waals surface area contributed by atoms with Gasteiger partial charge in [0.2, 0.25) is 0 Å². The number of amides is 1. The minimum Gasteiger partial charge on any atom is -0.496 e. The fourth-order valence-corrected chi connectivity index (χ4v) is 2.64. The molecule has 0 aliphatic carbocycles. The van der Waals surface area contributed by atoms with E-state index >= 15 is 0 Å². The number of aliphatic carboxylic acids is 1. The lowest BCUT2D eigenvalue weighted by Gasteiger charge is -2.41. The van der Waals surface area contributed by atoms with E-state index in [4.69, 9.17) is 4.74 Å². The number of benzene rings is 1. The highest BCUT2D eigenvalue weighted by Crippen LogP contribution is 2.31. The Hall–Kier alpha value is -2.04. The molecule has 20 heavy (non-hydrogen) atoms. The van der Waals surface area contributed by atoms with Crippen LogP contribution in [0.3, 0.4) is 0 Å². The minimum absolute atomic E-state index is 0.285. The molecule has 1 atom stereocenters. The Morgan fingerprint density at radius 3 is 2.65 bits per heavy atom. The molecule has 1 aliphatic rings. The fourth-order valence-electron chi connectivity index (χ4n) is 2.64. The number of ether oxygens (including phenoxy) is 1. The number of carboxylic acid groups (broad SMARTS) is 1. The molecule has 1 heterocycles. The Morgan fingerprint density at radius 2 is 2.00 bits per heavy atom. The quantitative estimate of drug-likeness (QED) is 0.919. The summed E-state index contributed by atoms with van der Waals surface area (Å²) >= 11 is 0. The van der Waals surface area contributed by atoms with Crippen molar-refractivity contribution in [1.82, 2.24) is 4.90 Å². The SMILES string of the molecule is COc1ccccc1C(=O)N1CCCCC1(C)C(=O)O. The van der Waals surface area contributed by atoms with Crippen molar-refractivity contribution in [2.75, 3.05) is 13.7 Å². The second-order valence-corrected chi connectivity index (χ2v) is 5.19. The Kier molecular flexibility index (Phi) is 3.97. The van der Waals surface area contributed by atoms with Crippen LogP contribution < -0.4 is 4.74 Å². The molecule has 0 bridgehead atoms. The van der Waals surface area contributed by atoms with Crippen molar-refractivity contribution >= 4 is 11.9 Å². The number of hydrogen-bond acceptors (Lipinski definition) is 3. The zero-order chi connectivity index (χ0) is 14.8. The number of piperidine rings is 1. The molecule has 1 amide bonds. The molecule has 0 aromatic heterocycles. The van der Waals surface area contributed by atoms with Crippen LogP contribution in [0, 0.1) is 0 Å².